The third-order valence-electron chi connectivity index (χ3n) is 8.86. The molecule has 0 heterocycles. The molecule has 4 N–H and O–H groups in total. The molecule has 0 rings (SSSR count). The van der Waals surface area contributed by atoms with Gasteiger partial charge in [0, 0.05) is 12.8 Å². The van der Waals surface area contributed by atoms with Crippen LogP contribution < -0.4 is 5.73 Å². The molecule has 3 atom stereocenters. The van der Waals surface area contributed by atoms with Crippen LogP contribution in [-0.2, 0) is 37.5 Å². The maximum atomic E-state index is 12.6. The zero-order valence-electron chi connectivity index (χ0n) is 31.8. The fraction of sp³-hybridized carbons (Fsp3) is 0.921. The highest BCUT2D eigenvalue weighted by Crippen LogP contribution is 2.43. The minimum atomic E-state index is -4.70. The van der Waals surface area contributed by atoms with Crippen LogP contribution in [0.2, 0.25) is 0 Å². The number of carboxylic acids is 1. The molecular weight excluding hydrogens is 661 g/mol. The van der Waals surface area contributed by atoms with Crippen molar-refractivity contribution in [3.05, 3.63) is 0 Å². The minimum Gasteiger partial charge on any atom is -0.480 e. The van der Waals surface area contributed by atoms with Gasteiger partial charge in [-0.1, -0.05) is 168 Å². The smallest absolute Gasteiger partial charge is 0.472 e. The van der Waals surface area contributed by atoms with Crippen molar-refractivity contribution in [3.63, 3.8) is 0 Å². The average molecular weight is 736 g/mol. The molecule has 50 heavy (non-hydrogen) atoms. The number of carboxylic acid groups (broad SMARTS) is 1. The fourth-order valence-electron chi connectivity index (χ4n) is 5.65. The topological polar surface area (TPSA) is 172 Å². The summed E-state index contributed by atoms with van der Waals surface area (Å²) in [6, 6.07) is -1.51. The molecule has 0 aliphatic rings. The van der Waals surface area contributed by atoms with E-state index in [1.165, 1.54) is 116 Å². The summed E-state index contributed by atoms with van der Waals surface area (Å²) >= 11 is 0. The quantitative estimate of drug-likeness (QED) is 0.0313. The molecule has 12 heteroatoms. The van der Waals surface area contributed by atoms with E-state index in [1.807, 2.05) is 0 Å². The van der Waals surface area contributed by atoms with E-state index < -0.39 is 51.1 Å². The Morgan fingerprint density at radius 2 is 0.880 bits per heavy atom. The van der Waals surface area contributed by atoms with Crippen LogP contribution in [0.5, 0.6) is 0 Å². The molecule has 0 aromatic carbocycles. The first-order chi connectivity index (χ1) is 24.1. The Morgan fingerprint density at radius 3 is 1.26 bits per heavy atom. The first-order valence-corrected chi connectivity index (χ1v) is 21.6. The van der Waals surface area contributed by atoms with Gasteiger partial charge in [0.2, 0.25) is 0 Å². The van der Waals surface area contributed by atoms with Gasteiger partial charge in [0.1, 0.15) is 12.6 Å². The fourth-order valence-corrected chi connectivity index (χ4v) is 6.43. The van der Waals surface area contributed by atoms with Crippen LogP contribution in [0.4, 0.5) is 0 Å². The molecule has 296 valence electrons. The number of ether oxygens (including phenoxy) is 2. The second-order valence-electron chi connectivity index (χ2n) is 13.8. The molecule has 0 radical (unpaired) electrons. The van der Waals surface area contributed by atoms with Crippen molar-refractivity contribution < 1.29 is 47.5 Å². The Hall–Kier alpha value is -1.52. The summed E-state index contributed by atoms with van der Waals surface area (Å²) in [5.41, 5.74) is 5.31. The lowest BCUT2D eigenvalue weighted by atomic mass is 10.0. The van der Waals surface area contributed by atoms with Crippen molar-refractivity contribution >= 4 is 25.7 Å². The van der Waals surface area contributed by atoms with Crippen molar-refractivity contribution in [3.8, 4) is 0 Å². The van der Waals surface area contributed by atoms with Crippen LogP contribution in [-0.4, -0.2) is 59.9 Å². The van der Waals surface area contributed by atoms with Crippen LogP contribution >= 0.6 is 7.82 Å². The molecule has 0 aliphatic carbocycles. The number of hydrogen-bond donors (Lipinski definition) is 3. The minimum absolute atomic E-state index is 0.169. The number of esters is 2. The SMILES string of the molecule is CCCCCCCCCCCCCCCCCCCCC(=O)O[C@@H](COC(=O)CCCCCCCCCC)COP(=O)(O)OC[C@H](N)C(=O)O. The maximum absolute atomic E-state index is 12.6. The van der Waals surface area contributed by atoms with Crippen molar-refractivity contribution in [2.75, 3.05) is 19.8 Å². The third-order valence-corrected chi connectivity index (χ3v) is 9.81. The molecular formula is C38H74NO10P. The second-order valence-corrected chi connectivity index (χ2v) is 15.2. The Bertz CT molecular complexity index is 875. The van der Waals surface area contributed by atoms with Gasteiger partial charge in [-0.3, -0.25) is 23.4 Å². The van der Waals surface area contributed by atoms with E-state index in [9.17, 15) is 23.8 Å². The second kappa shape index (κ2) is 34.6. The monoisotopic (exact) mass is 736 g/mol. The van der Waals surface area contributed by atoms with Crippen LogP contribution in [0.15, 0.2) is 0 Å². The van der Waals surface area contributed by atoms with Gasteiger partial charge in [0.15, 0.2) is 6.10 Å². The van der Waals surface area contributed by atoms with Gasteiger partial charge in [0.25, 0.3) is 0 Å². The summed E-state index contributed by atoms with van der Waals surface area (Å²) in [5.74, 6) is -2.37. The Morgan fingerprint density at radius 1 is 0.540 bits per heavy atom. The lowest BCUT2D eigenvalue weighted by Gasteiger charge is -2.20. The van der Waals surface area contributed by atoms with Crippen molar-refractivity contribution in [2.24, 2.45) is 5.73 Å². The van der Waals surface area contributed by atoms with Crippen LogP contribution in [0, 0.1) is 0 Å². The van der Waals surface area contributed by atoms with Crippen molar-refractivity contribution in [2.45, 2.75) is 206 Å². The molecule has 0 aliphatic heterocycles. The first-order valence-electron chi connectivity index (χ1n) is 20.1. The number of hydrogen-bond acceptors (Lipinski definition) is 9. The van der Waals surface area contributed by atoms with E-state index in [1.54, 1.807) is 0 Å². The van der Waals surface area contributed by atoms with Crippen LogP contribution in [0.25, 0.3) is 0 Å². The van der Waals surface area contributed by atoms with Gasteiger partial charge >= 0.3 is 25.7 Å². The predicted molar refractivity (Wildman–Crippen MR) is 199 cm³/mol. The highest BCUT2D eigenvalue weighted by molar-refractivity contribution is 7.47. The molecule has 0 aromatic heterocycles. The molecule has 0 amide bonds. The summed E-state index contributed by atoms with van der Waals surface area (Å²) in [4.78, 5) is 45.7. The van der Waals surface area contributed by atoms with E-state index >= 15 is 0 Å². The maximum Gasteiger partial charge on any atom is 0.472 e. The molecule has 1 unspecified atom stereocenters. The Labute approximate surface area is 304 Å². The number of nitrogens with two attached hydrogens (primary N) is 1. The zero-order valence-corrected chi connectivity index (χ0v) is 32.7. The molecule has 11 nitrogen and oxygen atoms in total. The highest BCUT2D eigenvalue weighted by Gasteiger charge is 2.28. The normalized spacial score (nSPS) is 13.8. The molecule has 0 fully saturated rings. The number of aliphatic carboxylic acids is 1. The summed E-state index contributed by atoms with van der Waals surface area (Å²) in [6.07, 6.45) is 30.4. The number of carbonyl (C=O) groups excluding carboxylic acids is 2. The zero-order chi connectivity index (χ0) is 37.1. The first kappa shape index (κ1) is 48.5. The summed E-state index contributed by atoms with van der Waals surface area (Å²) < 4.78 is 32.5. The van der Waals surface area contributed by atoms with E-state index in [-0.39, 0.29) is 19.4 Å². The van der Waals surface area contributed by atoms with Crippen LogP contribution in [0.1, 0.15) is 194 Å². The number of rotatable bonds is 38. The standard InChI is InChI=1S/C38H74NO10P/c1-3-5-7-9-11-13-14-15-16-17-18-19-20-21-22-24-26-28-30-37(41)49-34(32-47-50(44,45)48-33-35(39)38(42)43)31-46-36(40)29-27-25-23-12-10-8-6-4-2/h34-35H,3-33,39H2,1-2H3,(H,42,43)(H,44,45)/t34-,35-/m0/s1. The van der Waals surface area contributed by atoms with Gasteiger partial charge in [-0.05, 0) is 12.8 Å². The molecule has 0 bridgehead atoms. The summed E-state index contributed by atoms with van der Waals surface area (Å²) in [6.45, 7) is 2.78. The summed E-state index contributed by atoms with van der Waals surface area (Å²) in [5, 5.41) is 8.85. The largest absolute Gasteiger partial charge is 0.480 e. The Balaban J connectivity index is 4.28. The van der Waals surface area contributed by atoms with Gasteiger partial charge < -0.3 is 25.2 Å². The van der Waals surface area contributed by atoms with E-state index in [2.05, 4.69) is 18.4 Å². The van der Waals surface area contributed by atoms with Crippen molar-refractivity contribution in [1.29, 1.82) is 0 Å². The Kier molecular flexibility index (Phi) is 33.5. The average Bonchev–Trinajstić information content (AvgIpc) is 3.09. The van der Waals surface area contributed by atoms with E-state index in [0.29, 0.717) is 12.8 Å². The molecule has 0 saturated heterocycles. The predicted octanol–water partition coefficient (Wildman–Crippen LogP) is 9.95. The van der Waals surface area contributed by atoms with Gasteiger partial charge in [-0.2, -0.15) is 0 Å². The van der Waals surface area contributed by atoms with Gasteiger partial charge in [0.05, 0.1) is 13.2 Å². The lowest BCUT2D eigenvalue weighted by Crippen LogP contribution is -2.34. The lowest BCUT2D eigenvalue weighted by molar-refractivity contribution is -0.161. The highest BCUT2D eigenvalue weighted by atomic mass is 31.2. The number of unbranched alkanes of at least 4 members (excludes halogenated alkanes) is 24. The van der Waals surface area contributed by atoms with Gasteiger partial charge in [-0.15, -0.1) is 0 Å². The van der Waals surface area contributed by atoms with E-state index in [0.717, 1.165) is 38.5 Å². The van der Waals surface area contributed by atoms with Crippen molar-refractivity contribution in [1.82, 2.24) is 0 Å². The molecule has 0 aromatic rings. The van der Waals surface area contributed by atoms with Gasteiger partial charge in [-0.25, -0.2) is 4.57 Å². The van der Waals surface area contributed by atoms with Crippen LogP contribution in [0.3, 0.4) is 0 Å². The number of carbonyl (C=O) groups is 3. The molecule has 0 spiro atoms. The number of phosphoric ester groups is 1. The van der Waals surface area contributed by atoms with E-state index in [4.69, 9.17) is 24.8 Å². The molecule has 0 saturated carbocycles. The number of phosphoric acid groups is 1. The third kappa shape index (κ3) is 33.6. The summed E-state index contributed by atoms with van der Waals surface area (Å²) in [7, 11) is -4.70.